The van der Waals surface area contributed by atoms with Gasteiger partial charge in [-0.3, -0.25) is 19.7 Å². The molecule has 57 heavy (non-hydrogen) atoms. The first-order valence-electron chi connectivity index (χ1n) is 18.7. The molecule has 0 bridgehead atoms. The summed E-state index contributed by atoms with van der Waals surface area (Å²) in [7, 11) is 1.93. The number of nitrogens with zero attached hydrogens (tertiary/aromatic N) is 8. The fraction of sp³-hybridized carbons (Fsp3) is 0.289. The number of pyridine rings is 2. The van der Waals surface area contributed by atoms with Crippen LogP contribution in [0, 0.1) is 12.1 Å². The monoisotopic (exact) mass is 946 g/mol. The van der Waals surface area contributed by atoms with Crippen molar-refractivity contribution in [3.05, 3.63) is 155 Å². The van der Waals surface area contributed by atoms with Crippen LogP contribution in [0.5, 0.6) is 0 Å². The Hall–Kier alpha value is -5.32. The average Bonchev–Trinajstić information content (AvgIpc) is 3.85. The van der Waals surface area contributed by atoms with E-state index in [9.17, 15) is 13.2 Å². The molecule has 3 aromatic carbocycles. The summed E-state index contributed by atoms with van der Waals surface area (Å²) in [5.74, 6) is 3.06. The fourth-order valence-electron chi connectivity index (χ4n) is 5.95. The topological polar surface area (TPSA) is 96.4 Å². The smallest absolute Gasteiger partial charge is 0.420 e. The van der Waals surface area contributed by atoms with E-state index in [2.05, 4.69) is 111 Å². The van der Waals surface area contributed by atoms with Crippen LogP contribution in [0.25, 0.3) is 34.2 Å². The molecule has 0 aliphatic carbocycles. The van der Waals surface area contributed by atoms with Crippen LogP contribution in [-0.2, 0) is 70.8 Å². The Kier molecular flexibility index (Phi) is 14.4. The Morgan fingerprint density at radius 1 is 0.702 bits per heavy atom. The van der Waals surface area contributed by atoms with E-state index in [-0.39, 0.29) is 25.5 Å². The number of hydrogen-bond acceptors (Lipinski definition) is 6. The first-order chi connectivity index (χ1) is 26.9. The van der Waals surface area contributed by atoms with E-state index in [1.807, 2.05) is 48.1 Å². The van der Waals surface area contributed by atoms with Crippen LogP contribution in [0.3, 0.4) is 0 Å². The van der Waals surface area contributed by atoms with E-state index in [0.717, 1.165) is 85.0 Å². The number of alkyl halides is 3. The van der Waals surface area contributed by atoms with Crippen LogP contribution in [-0.4, -0.2) is 34.8 Å². The number of rotatable bonds is 11. The van der Waals surface area contributed by atoms with Gasteiger partial charge in [-0.25, -0.2) is 0 Å². The van der Waals surface area contributed by atoms with E-state index in [0.29, 0.717) is 17.1 Å². The summed E-state index contributed by atoms with van der Waals surface area (Å²) in [5.41, 5.74) is 6.93. The fourth-order valence-corrected chi connectivity index (χ4v) is 5.95. The summed E-state index contributed by atoms with van der Waals surface area (Å²) in [6.45, 7) is 8.31. The zero-order chi connectivity index (χ0) is 39.7. The molecule has 0 radical (unpaired) electrons. The van der Waals surface area contributed by atoms with Crippen LogP contribution < -0.4 is 5.10 Å². The van der Waals surface area contributed by atoms with E-state index in [1.54, 1.807) is 12.4 Å². The summed E-state index contributed by atoms with van der Waals surface area (Å²) in [5, 5.41) is 12.6. The number of hydrogen-bond donors (Lipinski definition) is 0. The van der Waals surface area contributed by atoms with Gasteiger partial charge in [-0.15, -0.1) is 65.2 Å². The van der Waals surface area contributed by atoms with E-state index in [1.165, 1.54) is 22.8 Å². The van der Waals surface area contributed by atoms with Crippen molar-refractivity contribution >= 4 is 0 Å². The quantitative estimate of drug-likeness (QED) is 0.119. The summed E-state index contributed by atoms with van der Waals surface area (Å²) in [6, 6.07) is 33.9. The maximum atomic E-state index is 12.9. The molecule has 0 aliphatic rings. The second-order valence-electron chi connectivity index (χ2n) is 14.6. The second-order valence-corrected chi connectivity index (χ2v) is 14.6. The predicted octanol–water partition coefficient (Wildman–Crippen LogP) is 9.48. The molecule has 0 saturated heterocycles. The standard InChI is InChI=1S/C34H31F3N4.C11H13N4.Ir/c1-3-5-32-39-33(41(2)40-32)29-7-4-6-26(22-29)14-12-24-8-10-25(11-9-24)13-15-27-20-21-38-31(23-27)28-16-18-30(19-17-28)34(35,36)37;1-11(2,3)10-13-9(14-15-10)8-6-4-5-7-12-8;/h4,6,8-11,16,18-23H,3,5,12-15H2,1-2H3;4-7H,1-3H3;/q-2;-1;+3. The molecule has 0 N–H and O–H groups in total. The third-order valence-corrected chi connectivity index (χ3v) is 9.07. The maximum Gasteiger partial charge on any atom is 3.00 e. The van der Waals surface area contributed by atoms with Gasteiger partial charge in [0.25, 0.3) is 0 Å². The Bertz CT molecular complexity index is 2310. The molecule has 7 rings (SSSR count). The van der Waals surface area contributed by atoms with Crippen LogP contribution in [0.1, 0.15) is 73.6 Å². The summed E-state index contributed by atoms with van der Waals surface area (Å²) >= 11 is 0. The second kappa shape index (κ2) is 19.2. The molecule has 0 spiro atoms. The molecule has 0 unspecified atom stereocenters. The molecular weight excluding hydrogens is 902 g/mol. The molecule has 8 nitrogen and oxygen atoms in total. The van der Waals surface area contributed by atoms with Gasteiger partial charge in [0.15, 0.2) is 0 Å². The molecule has 0 saturated carbocycles. The van der Waals surface area contributed by atoms with Crippen LogP contribution in [0.15, 0.2) is 103 Å². The normalized spacial score (nSPS) is 11.4. The summed E-state index contributed by atoms with van der Waals surface area (Å²) in [4.78, 5) is 17.6. The van der Waals surface area contributed by atoms with Gasteiger partial charge in [0, 0.05) is 37.1 Å². The molecule has 12 heteroatoms. The van der Waals surface area contributed by atoms with Crippen molar-refractivity contribution in [3.8, 4) is 34.2 Å². The Morgan fingerprint density at radius 3 is 1.98 bits per heavy atom. The van der Waals surface area contributed by atoms with Crippen molar-refractivity contribution in [2.24, 2.45) is 7.05 Å². The minimum absolute atomic E-state index is 0. The number of aromatic nitrogens is 8. The van der Waals surface area contributed by atoms with Gasteiger partial charge in [0.1, 0.15) is 5.82 Å². The minimum Gasteiger partial charge on any atom is -0.420 e. The van der Waals surface area contributed by atoms with Crippen molar-refractivity contribution in [2.75, 3.05) is 0 Å². The van der Waals surface area contributed by atoms with Gasteiger partial charge >= 0.3 is 26.3 Å². The third-order valence-electron chi connectivity index (χ3n) is 9.07. The van der Waals surface area contributed by atoms with Gasteiger partial charge in [0.2, 0.25) is 0 Å². The molecule has 0 fully saturated rings. The molecule has 0 aliphatic heterocycles. The zero-order valence-corrected chi connectivity index (χ0v) is 35.0. The van der Waals surface area contributed by atoms with Gasteiger partial charge < -0.3 is 15.1 Å². The molecule has 4 heterocycles. The number of benzene rings is 3. The summed E-state index contributed by atoms with van der Waals surface area (Å²) < 4.78 is 40.4. The van der Waals surface area contributed by atoms with Crippen molar-refractivity contribution < 1.29 is 33.3 Å². The van der Waals surface area contributed by atoms with Gasteiger partial charge in [-0.1, -0.05) is 69.7 Å². The average molecular weight is 946 g/mol. The molecular formula is C45H44F3IrN8. The Balaban J connectivity index is 0.000000325. The third kappa shape index (κ3) is 11.8. The molecule has 294 valence electrons. The largest absolute Gasteiger partial charge is 3.00 e. The molecule has 4 aromatic heterocycles. The number of aryl methyl sites for hydroxylation is 6. The molecule has 0 atom stereocenters. The minimum atomic E-state index is -4.37. The van der Waals surface area contributed by atoms with Gasteiger partial charge in [-0.2, -0.15) is 18.3 Å². The van der Waals surface area contributed by atoms with Crippen molar-refractivity contribution in [1.82, 2.24) is 39.9 Å². The zero-order valence-electron chi connectivity index (χ0n) is 32.6. The predicted molar refractivity (Wildman–Crippen MR) is 211 cm³/mol. The van der Waals surface area contributed by atoms with Gasteiger partial charge in [0.05, 0.1) is 11.5 Å². The van der Waals surface area contributed by atoms with Crippen molar-refractivity contribution in [3.63, 3.8) is 0 Å². The van der Waals surface area contributed by atoms with E-state index >= 15 is 0 Å². The summed E-state index contributed by atoms with van der Waals surface area (Å²) in [6.07, 6.45) is 4.44. The molecule has 7 aromatic rings. The van der Waals surface area contributed by atoms with Crippen LogP contribution >= 0.6 is 0 Å². The number of halogens is 3. The Morgan fingerprint density at radius 2 is 1.39 bits per heavy atom. The van der Waals surface area contributed by atoms with Crippen molar-refractivity contribution in [1.29, 1.82) is 0 Å². The molecule has 0 amide bonds. The van der Waals surface area contributed by atoms with Crippen molar-refractivity contribution in [2.45, 2.75) is 77.8 Å². The Labute approximate surface area is 345 Å². The van der Waals surface area contributed by atoms with Crippen LogP contribution in [0.4, 0.5) is 13.2 Å². The van der Waals surface area contributed by atoms with E-state index < -0.39 is 11.7 Å². The van der Waals surface area contributed by atoms with Gasteiger partial charge in [-0.05, 0) is 78.5 Å². The SMILES string of the molecule is CC(C)(C)c1n[n-]c(-c2ccccn2)n1.CCCc1nc(-c2[c-]ccc(CCc3ccc(CCc4ccnc(-c5[c-]cc(C(F)(F)F)cc5)c4)cc3)c2)n(C)n1.[Ir+3]. The van der Waals surface area contributed by atoms with Crippen LogP contribution in [0.2, 0.25) is 0 Å². The first-order valence-corrected chi connectivity index (χ1v) is 18.7. The van der Waals surface area contributed by atoms with E-state index in [4.69, 9.17) is 0 Å². The first kappa shape index (κ1) is 42.8. The maximum absolute atomic E-state index is 12.9.